The number of hydrogen-bond donors (Lipinski definition) is 3. The zero-order chi connectivity index (χ0) is 6.85. The molecule has 3 heteroatoms. The Bertz CT molecular complexity index is 172. The van der Waals surface area contributed by atoms with Gasteiger partial charge in [0.05, 0.1) is 0 Å². The Kier molecular flexibility index (Phi) is 1.18. The number of phenolic OH excluding ortho intramolecular Hbond substituents is 1. The topological polar surface area (TPSA) is 72.3 Å². The van der Waals surface area contributed by atoms with Crippen molar-refractivity contribution in [3.63, 3.8) is 0 Å². The van der Waals surface area contributed by atoms with Gasteiger partial charge in [-0.2, -0.15) is 0 Å². The van der Waals surface area contributed by atoms with Gasteiger partial charge in [-0.15, -0.1) is 0 Å². The molecule has 0 heterocycles. The molecule has 0 amide bonds. The molecule has 0 bridgehead atoms. The third kappa shape index (κ3) is 1.25. The van der Waals surface area contributed by atoms with Crippen LogP contribution >= 0.6 is 0 Å². The second-order valence-electron chi connectivity index (χ2n) is 1.86. The Morgan fingerprint density at radius 1 is 1.00 bits per heavy atom. The van der Waals surface area contributed by atoms with Crippen LogP contribution in [-0.2, 0) is 0 Å². The molecule has 0 unspecified atom stereocenters. The molecule has 1 rings (SSSR count). The van der Waals surface area contributed by atoms with Gasteiger partial charge in [0.1, 0.15) is 5.75 Å². The van der Waals surface area contributed by atoms with Gasteiger partial charge in [0, 0.05) is 23.5 Å². The van der Waals surface area contributed by atoms with E-state index in [2.05, 4.69) is 0 Å². The van der Waals surface area contributed by atoms with Crippen molar-refractivity contribution < 1.29 is 5.11 Å². The summed E-state index contributed by atoms with van der Waals surface area (Å²) in [5, 5.41) is 8.83. The van der Waals surface area contributed by atoms with Crippen LogP contribution < -0.4 is 11.5 Å². The van der Waals surface area contributed by atoms with E-state index in [4.69, 9.17) is 16.6 Å². The summed E-state index contributed by atoms with van der Waals surface area (Å²) in [4.78, 5) is 0. The number of aromatic hydroxyl groups is 1. The minimum absolute atomic E-state index is 0.104. The number of nitrogen functional groups attached to an aromatic ring is 2. The fourth-order valence-electron chi connectivity index (χ4n) is 0.659. The van der Waals surface area contributed by atoms with Crippen LogP contribution in [0.1, 0.15) is 0 Å². The largest absolute Gasteiger partial charge is 0.508 e. The smallest absolute Gasteiger partial charge is 0.119 e. The van der Waals surface area contributed by atoms with Gasteiger partial charge in [0.25, 0.3) is 0 Å². The predicted molar refractivity (Wildman–Crippen MR) is 36.9 cm³/mol. The second kappa shape index (κ2) is 1.85. The SMILES string of the molecule is Nc1cc(N)cc(O)c1. The van der Waals surface area contributed by atoms with Gasteiger partial charge in [-0.3, -0.25) is 0 Å². The van der Waals surface area contributed by atoms with Gasteiger partial charge in [0.2, 0.25) is 0 Å². The first-order valence-corrected chi connectivity index (χ1v) is 2.53. The minimum atomic E-state index is 0.104. The first-order chi connectivity index (χ1) is 4.18. The molecule has 48 valence electrons. The average molecular weight is 124 g/mol. The summed E-state index contributed by atoms with van der Waals surface area (Å²) in [6.07, 6.45) is 0. The highest BCUT2D eigenvalue weighted by Gasteiger charge is 1.90. The maximum atomic E-state index is 8.83. The molecule has 0 aromatic heterocycles. The molecular weight excluding hydrogens is 116 g/mol. The molecule has 0 atom stereocenters. The molecule has 0 saturated carbocycles. The van der Waals surface area contributed by atoms with Crippen LogP contribution in [0.15, 0.2) is 18.2 Å². The van der Waals surface area contributed by atoms with Crippen LogP contribution in [0.4, 0.5) is 11.4 Å². The van der Waals surface area contributed by atoms with Gasteiger partial charge in [-0.25, -0.2) is 0 Å². The maximum Gasteiger partial charge on any atom is 0.119 e. The Hall–Kier alpha value is -1.38. The van der Waals surface area contributed by atoms with Crippen molar-refractivity contribution in [3.8, 4) is 5.75 Å². The van der Waals surface area contributed by atoms with Crippen LogP contribution in [0.3, 0.4) is 0 Å². The highest BCUT2D eigenvalue weighted by Crippen LogP contribution is 2.17. The predicted octanol–water partition coefficient (Wildman–Crippen LogP) is 0.557. The lowest BCUT2D eigenvalue weighted by Crippen LogP contribution is -1.88. The van der Waals surface area contributed by atoms with E-state index in [1.807, 2.05) is 0 Å². The number of rotatable bonds is 0. The lowest BCUT2D eigenvalue weighted by atomic mass is 10.3. The van der Waals surface area contributed by atoms with E-state index in [1.54, 1.807) is 6.07 Å². The van der Waals surface area contributed by atoms with E-state index in [-0.39, 0.29) is 5.75 Å². The number of benzene rings is 1. The molecule has 0 saturated heterocycles. The van der Waals surface area contributed by atoms with Crippen molar-refractivity contribution in [3.05, 3.63) is 18.2 Å². The molecule has 0 radical (unpaired) electrons. The van der Waals surface area contributed by atoms with E-state index < -0.39 is 0 Å². The highest BCUT2D eigenvalue weighted by molar-refractivity contribution is 5.56. The highest BCUT2D eigenvalue weighted by atomic mass is 16.3. The molecule has 1 aromatic carbocycles. The summed E-state index contributed by atoms with van der Waals surface area (Å²) in [5.41, 5.74) is 11.6. The molecule has 0 aliphatic heterocycles. The third-order valence-electron chi connectivity index (χ3n) is 0.962. The number of phenols is 1. The van der Waals surface area contributed by atoms with Crippen molar-refractivity contribution in [1.82, 2.24) is 0 Å². The molecule has 0 aliphatic carbocycles. The van der Waals surface area contributed by atoms with Gasteiger partial charge in [-0.1, -0.05) is 0 Å². The Morgan fingerprint density at radius 2 is 1.44 bits per heavy atom. The molecular formula is C6H8N2O. The van der Waals surface area contributed by atoms with Gasteiger partial charge >= 0.3 is 0 Å². The van der Waals surface area contributed by atoms with Crippen LogP contribution in [-0.4, -0.2) is 5.11 Å². The second-order valence-corrected chi connectivity index (χ2v) is 1.86. The van der Waals surface area contributed by atoms with E-state index >= 15 is 0 Å². The molecule has 3 nitrogen and oxygen atoms in total. The minimum Gasteiger partial charge on any atom is -0.508 e. The van der Waals surface area contributed by atoms with E-state index in [9.17, 15) is 0 Å². The Balaban J connectivity index is 3.17. The lowest BCUT2D eigenvalue weighted by molar-refractivity contribution is 0.476. The number of hydrogen-bond acceptors (Lipinski definition) is 3. The number of nitrogens with two attached hydrogens (primary N) is 2. The Morgan fingerprint density at radius 3 is 1.78 bits per heavy atom. The quantitative estimate of drug-likeness (QED) is 0.442. The summed E-state index contributed by atoms with van der Waals surface area (Å²) in [7, 11) is 0. The summed E-state index contributed by atoms with van der Waals surface area (Å²) in [6.45, 7) is 0. The van der Waals surface area contributed by atoms with Crippen molar-refractivity contribution >= 4 is 11.4 Å². The fourth-order valence-corrected chi connectivity index (χ4v) is 0.659. The van der Waals surface area contributed by atoms with Crippen molar-refractivity contribution in [2.45, 2.75) is 0 Å². The van der Waals surface area contributed by atoms with Gasteiger partial charge in [0.15, 0.2) is 0 Å². The van der Waals surface area contributed by atoms with Crippen LogP contribution in [0.25, 0.3) is 0 Å². The summed E-state index contributed by atoms with van der Waals surface area (Å²) < 4.78 is 0. The summed E-state index contributed by atoms with van der Waals surface area (Å²) >= 11 is 0. The summed E-state index contributed by atoms with van der Waals surface area (Å²) in [5.74, 6) is 0.104. The van der Waals surface area contributed by atoms with Gasteiger partial charge in [-0.05, 0) is 6.07 Å². The molecule has 5 N–H and O–H groups in total. The zero-order valence-electron chi connectivity index (χ0n) is 4.83. The number of anilines is 2. The standard InChI is InChI=1S/C6H8N2O/c7-4-1-5(8)3-6(9)2-4/h1-3,9H,7-8H2. The maximum absolute atomic E-state index is 8.83. The van der Waals surface area contributed by atoms with Crippen molar-refractivity contribution in [2.24, 2.45) is 0 Å². The third-order valence-corrected chi connectivity index (χ3v) is 0.962. The first kappa shape index (κ1) is 5.75. The van der Waals surface area contributed by atoms with E-state index in [0.29, 0.717) is 11.4 Å². The molecule has 0 fully saturated rings. The van der Waals surface area contributed by atoms with E-state index in [1.165, 1.54) is 12.1 Å². The first-order valence-electron chi connectivity index (χ1n) is 2.53. The fraction of sp³-hybridized carbons (Fsp3) is 0. The zero-order valence-corrected chi connectivity index (χ0v) is 4.83. The van der Waals surface area contributed by atoms with Gasteiger partial charge < -0.3 is 16.6 Å². The molecule has 9 heavy (non-hydrogen) atoms. The monoisotopic (exact) mass is 124 g/mol. The van der Waals surface area contributed by atoms with Crippen molar-refractivity contribution in [2.75, 3.05) is 11.5 Å². The lowest BCUT2D eigenvalue weighted by Gasteiger charge is -1.96. The molecule has 1 aromatic rings. The molecule has 0 spiro atoms. The summed E-state index contributed by atoms with van der Waals surface area (Å²) in [6, 6.07) is 4.46. The normalized spacial score (nSPS) is 9.33. The van der Waals surface area contributed by atoms with Crippen LogP contribution in [0, 0.1) is 0 Å². The van der Waals surface area contributed by atoms with Crippen LogP contribution in [0.2, 0.25) is 0 Å². The average Bonchev–Trinajstić information content (AvgIpc) is 1.59. The van der Waals surface area contributed by atoms with E-state index in [0.717, 1.165) is 0 Å². The van der Waals surface area contributed by atoms with Crippen LogP contribution in [0.5, 0.6) is 5.75 Å². The Labute approximate surface area is 52.9 Å². The van der Waals surface area contributed by atoms with Crippen molar-refractivity contribution in [1.29, 1.82) is 0 Å². The molecule has 0 aliphatic rings.